The van der Waals surface area contributed by atoms with E-state index in [1.165, 1.54) is 25.5 Å². The predicted molar refractivity (Wildman–Crippen MR) is 81.0 cm³/mol. The molecule has 0 aliphatic heterocycles. The van der Waals surface area contributed by atoms with Crippen LogP contribution in [0.4, 0.5) is 0 Å². The summed E-state index contributed by atoms with van der Waals surface area (Å²) in [4.78, 5) is 15.6. The van der Waals surface area contributed by atoms with Crippen LogP contribution in [0.1, 0.15) is 55.3 Å². The van der Waals surface area contributed by atoms with Gasteiger partial charge in [-0.25, -0.2) is 4.98 Å². The number of nitrogens with one attached hydrogen (secondary N) is 1. The standard InChI is InChI=1S/C15H23ClN2O2/c16-14-9-8-13(12-18-14)15(20)17-10-6-4-2-1-3-5-7-11-19/h8-9,12,19H,1-7,10-11H2,(H,17,20). The van der Waals surface area contributed by atoms with Crippen molar-refractivity contribution >= 4 is 17.5 Å². The van der Waals surface area contributed by atoms with Crippen molar-refractivity contribution in [2.75, 3.05) is 13.2 Å². The third-order valence-electron chi connectivity index (χ3n) is 3.11. The van der Waals surface area contributed by atoms with Gasteiger partial charge in [-0.2, -0.15) is 0 Å². The van der Waals surface area contributed by atoms with Crippen molar-refractivity contribution in [3.05, 3.63) is 29.0 Å². The molecule has 20 heavy (non-hydrogen) atoms. The number of aliphatic hydroxyl groups is 1. The van der Waals surface area contributed by atoms with Gasteiger partial charge in [0.05, 0.1) is 5.56 Å². The van der Waals surface area contributed by atoms with E-state index in [2.05, 4.69) is 10.3 Å². The van der Waals surface area contributed by atoms with Crippen LogP contribution in [0.15, 0.2) is 18.3 Å². The third kappa shape index (κ3) is 7.46. The highest BCUT2D eigenvalue weighted by molar-refractivity contribution is 6.29. The Bertz CT molecular complexity index is 382. The number of aromatic nitrogens is 1. The van der Waals surface area contributed by atoms with Crippen molar-refractivity contribution in [3.8, 4) is 0 Å². The van der Waals surface area contributed by atoms with Gasteiger partial charge in [-0.3, -0.25) is 4.79 Å². The number of nitrogens with zero attached hydrogens (tertiary/aromatic N) is 1. The zero-order valence-electron chi connectivity index (χ0n) is 11.8. The molecule has 0 saturated carbocycles. The van der Waals surface area contributed by atoms with Gasteiger partial charge < -0.3 is 10.4 Å². The van der Waals surface area contributed by atoms with Gasteiger partial charge in [0.15, 0.2) is 0 Å². The number of rotatable bonds is 10. The van der Waals surface area contributed by atoms with E-state index < -0.39 is 0 Å². The molecule has 0 spiro atoms. The second kappa shape index (κ2) is 10.6. The maximum atomic E-state index is 11.7. The minimum absolute atomic E-state index is 0.0999. The molecule has 4 nitrogen and oxygen atoms in total. The van der Waals surface area contributed by atoms with Gasteiger partial charge in [-0.1, -0.05) is 43.7 Å². The Morgan fingerprint density at radius 1 is 1.10 bits per heavy atom. The lowest BCUT2D eigenvalue weighted by atomic mass is 10.1. The molecule has 0 aliphatic carbocycles. The summed E-state index contributed by atoms with van der Waals surface area (Å²) in [6, 6.07) is 3.29. The number of hydrogen-bond acceptors (Lipinski definition) is 3. The molecule has 0 aromatic carbocycles. The van der Waals surface area contributed by atoms with Gasteiger partial charge in [0.25, 0.3) is 5.91 Å². The summed E-state index contributed by atoms with van der Waals surface area (Å²) in [5, 5.41) is 11.9. The molecule has 2 N–H and O–H groups in total. The SMILES string of the molecule is O=C(NCCCCCCCCCO)c1ccc(Cl)nc1. The molecule has 1 rings (SSSR count). The number of carbonyl (C=O) groups is 1. The molecule has 0 saturated heterocycles. The quantitative estimate of drug-likeness (QED) is 0.515. The molecule has 0 aliphatic rings. The van der Waals surface area contributed by atoms with Gasteiger partial charge >= 0.3 is 0 Å². The van der Waals surface area contributed by atoms with Crippen LogP contribution in [0.25, 0.3) is 0 Å². The lowest BCUT2D eigenvalue weighted by Crippen LogP contribution is -2.24. The largest absolute Gasteiger partial charge is 0.396 e. The van der Waals surface area contributed by atoms with Crippen molar-refractivity contribution in [2.24, 2.45) is 0 Å². The maximum Gasteiger partial charge on any atom is 0.252 e. The number of carbonyl (C=O) groups excluding carboxylic acids is 1. The summed E-state index contributed by atoms with van der Waals surface area (Å²) < 4.78 is 0. The van der Waals surface area contributed by atoms with E-state index >= 15 is 0 Å². The topological polar surface area (TPSA) is 62.2 Å². The number of aliphatic hydroxyl groups excluding tert-OH is 1. The lowest BCUT2D eigenvalue weighted by Gasteiger charge is -2.05. The first-order valence-corrected chi connectivity index (χ1v) is 7.62. The number of pyridine rings is 1. The fraction of sp³-hybridized carbons (Fsp3) is 0.600. The van der Waals surface area contributed by atoms with Gasteiger partial charge in [0, 0.05) is 19.3 Å². The zero-order valence-corrected chi connectivity index (χ0v) is 12.5. The van der Waals surface area contributed by atoms with Gasteiger partial charge in [0.2, 0.25) is 0 Å². The molecule has 0 radical (unpaired) electrons. The molecule has 0 unspecified atom stereocenters. The first-order chi connectivity index (χ1) is 9.74. The Morgan fingerprint density at radius 2 is 1.75 bits per heavy atom. The highest BCUT2D eigenvalue weighted by Gasteiger charge is 2.04. The summed E-state index contributed by atoms with van der Waals surface area (Å²) in [5.74, 6) is -0.0999. The fourth-order valence-corrected chi connectivity index (χ4v) is 2.05. The minimum Gasteiger partial charge on any atom is -0.396 e. The smallest absolute Gasteiger partial charge is 0.252 e. The third-order valence-corrected chi connectivity index (χ3v) is 3.33. The number of halogens is 1. The van der Waals surface area contributed by atoms with Gasteiger partial charge in [0.1, 0.15) is 5.15 Å². The van der Waals surface area contributed by atoms with Crippen LogP contribution in [-0.2, 0) is 0 Å². The predicted octanol–water partition coefficient (Wildman–Crippen LogP) is 3.19. The molecular weight excluding hydrogens is 276 g/mol. The Kier molecular flexibility index (Phi) is 9.00. The van der Waals surface area contributed by atoms with Gasteiger partial charge in [-0.05, 0) is 25.0 Å². The van der Waals surface area contributed by atoms with E-state index in [0.717, 1.165) is 25.7 Å². The van der Waals surface area contributed by atoms with Crippen molar-refractivity contribution in [1.29, 1.82) is 0 Å². The zero-order chi connectivity index (χ0) is 14.6. The fourth-order valence-electron chi connectivity index (χ4n) is 1.93. The highest BCUT2D eigenvalue weighted by Crippen LogP contribution is 2.07. The van der Waals surface area contributed by atoms with E-state index in [0.29, 0.717) is 23.9 Å². The Balaban J connectivity index is 2.01. The Morgan fingerprint density at radius 3 is 2.35 bits per heavy atom. The first kappa shape index (κ1) is 16.9. The summed E-state index contributed by atoms with van der Waals surface area (Å²) in [6.07, 6.45) is 9.19. The molecule has 5 heteroatoms. The van der Waals surface area contributed by atoms with E-state index in [1.807, 2.05) is 0 Å². The van der Waals surface area contributed by atoms with E-state index in [9.17, 15) is 4.79 Å². The molecule has 1 amide bonds. The van der Waals surface area contributed by atoms with E-state index in [4.69, 9.17) is 16.7 Å². The summed E-state index contributed by atoms with van der Waals surface area (Å²) in [6.45, 7) is 0.990. The van der Waals surface area contributed by atoms with Crippen LogP contribution in [-0.4, -0.2) is 29.1 Å². The summed E-state index contributed by atoms with van der Waals surface area (Å²) in [5.41, 5.74) is 0.540. The number of amides is 1. The van der Waals surface area contributed by atoms with E-state index in [1.54, 1.807) is 12.1 Å². The summed E-state index contributed by atoms with van der Waals surface area (Å²) in [7, 11) is 0. The Hall–Kier alpha value is -1.13. The molecule has 1 aromatic heterocycles. The molecule has 0 fully saturated rings. The van der Waals surface area contributed by atoms with Crippen LogP contribution in [0.5, 0.6) is 0 Å². The molecule has 0 atom stereocenters. The Labute approximate surface area is 125 Å². The maximum absolute atomic E-state index is 11.7. The van der Waals surface area contributed by atoms with Crippen molar-refractivity contribution in [2.45, 2.75) is 44.9 Å². The molecule has 112 valence electrons. The number of hydrogen-bond donors (Lipinski definition) is 2. The van der Waals surface area contributed by atoms with Crippen molar-refractivity contribution in [1.82, 2.24) is 10.3 Å². The van der Waals surface area contributed by atoms with Crippen LogP contribution < -0.4 is 5.32 Å². The molecule has 0 bridgehead atoms. The van der Waals surface area contributed by atoms with Crippen molar-refractivity contribution in [3.63, 3.8) is 0 Å². The second-order valence-electron chi connectivity index (χ2n) is 4.82. The van der Waals surface area contributed by atoms with Crippen LogP contribution >= 0.6 is 11.6 Å². The average Bonchev–Trinajstić information content (AvgIpc) is 2.46. The minimum atomic E-state index is -0.0999. The normalized spacial score (nSPS) is 10.5. The second-order valence-corrected chi connectivity index (χ2v) is 5.21. The molecular formula is C15H23ClN2O2. The van der Waals surface area contributed by atoms with Gasteiger partial charge in [-0.15, -0.1) is 0 Å². The average molecular weight is 299 g/mol. The van der Waals surface area contributed by atoms with Crippen LogP contribution in [0, 0.1) is 0 Å². The molecule has 1 heterocycles. The van der Waals surface area contributed by atoms with E-state index in [-0.39, 0.29) is 5.91 Å². The lowest BCUT2D eigenvalue weighted by molar-refractivity contribution is 0.0952. The van der Waals surface area contributed by atoms with Crippen LogP contribution in [0.2, 0.25) is 5.15 Å². The first-order valence-electron chi connectivity index (χ1n) is 7.24. The van der Waals surface area contributed by atoms with Crippen LogP contribution in [0.3, 0.4) is 0 Å². The monoisotopic (exact) mass is 298 g/mol. The summed E-state index contributed by atoms with van der Waals surface area (Å²) >= 11 is 5.67. The van der Waals surface area contributed by atoms with Crippen molar-refractivity contribution < 1.29 is 9.90 Å². The number of unbranched alkanes of at least 4 members (excludes halogenated alkanes) is 6. The molecule has 1 aromatic rings. The highest BCUT2D eigenvalue weighted by atomic mass is 35.5.